The molecule has 10 aromatic carbocycles. The number of hydrogen-bond donors (Lipinski definition) is 0. The molecule has 0 radical (unpaired) electrons. The molecule has 0 fully saturated rings. The normalized spacial score (nSPS) is 13.5. The molecule has 2 aliphatic rings. The molecule has 0 aliphatic heterocycles. The van der Waals surface area contributed by atoms with E-state index in [1.54, 1.807) is 0 Å². The predicted octanol–water partition coefficient (Wildman–Crippen LogP) is 18.2. The summed E-state index contributed by atoms with van der Waals surface area (Å²) < 4.78 is 0. The van der Waals surface area contributed by atoms with Gasteiger partial charge in [0.2, 0.25) is 0 Å². The lowest BCUT2D eigenvalue weighted by Gasteiger charge is -2.28. The highest BCUT2D eigenvalue weighted by Crippen LogP contribution is 2.52. The van der Waals surface area contributed by atoms with Gasteiger partial charge in [0, 0.05) is 45.0 Å². The predicted molar refractivity (Wildman–Crippen MR) is 287 cm³/mol. The van der Waals surface area contributed by atoms with Crippen molar-refractivity contribution in [3.8, 4) is 55.6 Å². The summed E-state index contributed by atoms with van der Waals surface area (Å²) in [6, 6.07) is 89.1. The van der Waals surface area contributed by atoms with Crippen LogP contribution < -0.4 is 9.80 Å². The topological polar surface area (TPSA) is 6.48 Å². The molecule has 0 saturated carbocycles. The molecule has 0 amide bonds. The molecular formula is C66H52N2. The van der Waals surface area contributed by atoms with Crippen molar-refractivity contribution in [1.82, 2.24) is 0 Å². The maximum Gasteiger partial charge on any atom is 0.0465 e. The van der Waals surface area contributed by atoms with E-state index >= 15 is 0 Å². The zero-order valence-electron chi connectivity index (χ0n) is 39.0. The van der Waals surface area contributed by atoms with Crippen molar-refractivity contribution in [2.75, 3.05) is 9.80 Å². The van der Waals surface area contributed by atoms with Gasteiger partial charge in [0.25, 0.3) is 0 Å². The Morgan fingerprint density at radius 2 is 0.529 bits per heavy atom. The Morgan fingerprint density at radius 1 is 0.221 bits per heavy atom. The fourth-order valence-electron chi connectivity index (χ4n) is 11.1. The van der Waals surface area contributed by atoms with Gasteiger partial charge in [-0.1, -0.05) is 191 Å². The van der Waals surface area contributed by atoms with Crippen LogP contribution in [0.25, 0.3) is 55.6 Å². The first-order chi connectivity index (χ1) is 33.2. The van der Waals surface area contributed by atoms with Crippen molar-refractivity contribution in [1.29, 1.82) is 0 Å². The van der Waals surface area contributed by atoms with Crippen LogP contribution in [0.4, 0.5) is 34.1 Å². The van der Waals surface area contributed by atoms with Crippen LogP contribution in [0.5, 0.6) is 0 Å². The fourth-order valence-corrected chi connectivity index (χ4v) is 11.1. The number of fused-ring (bicyclic) bond motifs is 6. The largest absolute Gasteiger partial charge is 0.310 e. The minimum absolute atomic E-state index is 0.0822. The first kappa shape index (κ1) is 41.2. The molecule has 0 unspecified atom stereocenters. The quantitative estimate of drug-likeness (QED) is 0.143. The molecule has 10 aromatic rings. The van der Waals surface area contributed by atoms with Crippen LogP contribution >= 0.6 is 0 Å². The highest BCUT2D eigenvalue weighted by molar-refractivity contribution is 5.88. The maximum atomic E-state index is 2.41. The Morgan fingerprint density at radius 3 is 0.971 bits per heavy atom. The molecule has 12 rings (SSSR count). The number of anilines is 6. The molecule has 0 bridgehead atoms. The second kappa shape index (κ2) is 16.3. The van der Waals surface area contributed by atoms with Crippen LogP contribution in [0.2, 0.25) is 0 Å². The van der Waals surface area contributed by atoms with Gasteiger partial charge in [0.1, 0.15) is 0 Å². The smallest absolute Gasteiger partial charge is 0.0465 e. The van der Waals surface area contributed by atoms with Crippen molar-refractivity contribution >= 4 is 34.1 Å². The average Bonchev–Trinajstić information content (AvgIpc) is 3.76. The summed E-state index contributed by atoms with van der Waals surface area (Å²) in [7, 11) is 0. The van der Waals surface area contributed by atoms with E-state index in [-0.39, 0.29) is 10.8 Å². The number of benzene rings is 10. The van der Waals surface area contributed by atoms with Crippen molar-refractivity contribution < 1.29 is 0 Å². The lowest BCUT2D eigenvalue weighted by molar-refractivity contribution is 0.660. The molecule has 0 aromatic heterocycles. The summed E-state index contributed by atoms with van der Waals surface area (Å²) in [5.74, 6) is 0. The van der Waals surface area contributed by atoms with Crippen LogP contribution in [0, 0.1) is 0 Å². The second-order valence-corrected chi connectivity index (χ2v) is 19.4. The molecule has 0 heterocycles. The van der Waals surface area contributed by atoms with E-state index in [2.05, 4.69) is 280 Å². The van der Waals surface area contributed by atoms with E-state index in [1.165, 1.54) is 77.9 Å². The lowest BCUT2D eigenvalue weighted by atomic mass is 9.82. The zero-order valence-corrected chi connectivity index (χ0v) is 39.0. The van der Waals surface area contributed by atoms with Gasteiger partial charge >= 0.3 is 0 Å². The van der Waals surface area contributed by atoms with Gasteiger partial charge in [0.15, 0.2) is 0 Å². The van der Waals surface area contributed by atoms with Gasteiger partial charge in [0.05, 0.1) is 0 Å². The Labute approximate surface area is 401 Å². The first-order valence-electron chi connectivity index (χ1n) is 23.8. The molecule has 0 atom stereocenters. The van der Waals surface area contributed by atoms with E-state index in [1.807, 2.05) is 0 Å². The van der Waals surface area contributed by atoms with Crippen LogP contribution in [0.1, 0.15) is 49.9 Å². The van der Waals surface area contributed by atoms with Gasteiger partial charge in [-0.15, -0.1) is 0 Å². The van der Waals surface area contributed by atoms with Gasteiger partial charge in [-0.25, -0.2) is 0 Å². The van der Waals surface area contributed by atoms with E-state index in [9.17, 15) is 0 Å². The number of hydrogen-bond acceptors (Lipinski definition) is 2. The molecular weight excluding hydrogens is 821 g/mol. The average molecular weight is 873 g/mol. The van der Waals surface area contributed by atoms with Gasteiger partial charge in [-0.2, -0.15) is 0 Å². The Bertz CT molecular complexity index is 3470. The van der Waals surface area contributed by atoms with E-state index in [0.29, 0.717) is 0 Å². The summed E-state index contributed by atoms with van der Waals surface area (Å²) >= 11 is 0. The van der Waals surface area contributed by atoms with Crippen LogP contribution in [-0.2, 0) is 10.8 Å². The van der Waals surface area contributed by atoms with Crippen LogP contribution in [0.15, 0.2) is 243 Å². The Balaban J connectivity index is 0.860. The number of nitrogens with zero attached hydrogens (tertiary/aromatic N) is 2. The van der Waals surface area contributed by atoms with Crippen molar-refractivity contribution in [3.63, 3.8) is 0 Å². The lowest BCUT2D eigenvalue weighted by Crippen LogP contribution is -2.16. The molecule has 0 N–H and O–H groups in total. The third kappa shape index (κ3) is 6.95. The highest BCUT2D eigenvalue weighted by atomic mass is 15.1. The fraction of sp³-hybridized carbons (Fsp3) is 0.0909. The third-order valence-corrected chi connectivity index (χ3v) is 14.7. The van der Waals surface area contributed by atoms with Crippen molar-refractivity contribution in [2.45, 2.75) is 38.5 Å². The third-order valence-electron chi connectivity index (χ3n) is 14.7. The Hall–Kier alpha value is -8.20. The highest BCUT2D eigenvalue weighted by Gasteiger charge is 2.37. The molecule has 0 saturated heterocycles. The van der Waals surface area contributed by atoms with Gasteiger partial charge in [-0.05, 0) is 157 Å². The van der Waals surface area contributed by atoms with E-state index in [0.717, 1.165) is 34.1 Å². The Kier molecular flexibility index (Phi) is 9.88. The summed E-state index contributed by atoms with van der Waals surface area (Å²) in [4.78, 5) is 4.78. The molecule has 326 valence electrons. The molecule has 0 spiro atoms. The van der Waals surface area contributed by atoms with Gasteiger partial charge in [-0.3, -0.25) is 0 Å². The molecule has 68 heavy (non-hydrogen) atoms. The minimum Gasteiger partial charge on any atom is -0.310 e. The van der Waals surface area contributed by atoms with Crippen molar-refractivity contribution in [3.05, 3.63) is 265 Å². The summed E-state index contributed by atoms with van der Waals surface area (Å²) in [6.07, 6.45) is 0. The first-order valence-corrected chi connectivity index (χ1v) is 23.8. The van der Waals surface area contributed by atoms with Gasteiger partial charge < -0.3 is 9.80 Å². The summed E-state index contributed by atoms with van der Waals surface area (Å²) in [6.45, 7) is 9.40. The standard InChI is InChI=1S/C66H52N2/c1-65(2)61-24-13-11-22-57(61)59-40-38-55(43-63(59)65)67(51-20-9-6-10-21-51)52-34-28-47(29-35-52)49-18-15-19-50(42-49)48-30-36-54(37-31-48)68(53-32-26-46(27-33-53)45-16-7-5-8-17-45)56-39-41-60-58-23-12-14-25-62(58)66(3,4)64(60)44-56/h5-44H,1-4H3. The second-order valence-electron chi connectivity index (χ2n) is 19.4. The number of rotatable bonds is 9. The SMILES string of the molecule is CC1(C)c2ccccc2-c2ccc(N(c3ccccc3)c3ccc(-c4cccc(-c5ccc(N(c6ccc(-c7ccccc7)cc6)c6ccc7c(c6)C(C)(C)c6ccccc6-7)cc5)c4)cc3)cc21. The molecule has 2 heteroatoms. The van der Waals surface area contributed by atoms with E-state index in [4.69, 9.17) is 0 Å². The maximum absolute atomic E-state index is 2.41. The molecule has 2 nitrogen and oxygen atoms in total. The van der Waals surface area contributed by atoms with E-state index < -0.39 is 0 Å². The van der Waals surface area contributed by atoms with Crippen LogP contribution in [0.3, 0.4) is 0 Å². The summed E-state index contributed by atoms with van der Waals surface area (Å²) in [5.41, 5.74) is 24.5. The van der Waals surface area contributed by atoms with Crippen LogP contribution in [-0.4, -0.2) is 0 Å². The zero-order chi connectivity index (χ0) is 46.0. The van der Waals surface area contributed by atoms with Crippen molar-refractivity contribution in [2.24, 2.45) is 0 Å². The number of para-hydroxylation sites is 1. The minimum atomic E-state index is -0.103. The molecule has 2 aliphatic carbocycles. The summed E-state index contributed by atoms with van der Waals surface area (Å²) in [5, 5.41) is 0. The monoisotopic (exact) mass is 872 g/mol.